The number of hydrogen-bond donors (Lipinski definition) is 1. The molecule has 1 N–H and O–H groups in total. The summed E-state index contributed by atoms with van der Waals surface area (Å²) in [5, 5.41) is 14.2. The van der Waals surface area contributed by atoms with E-state index in [9.17, 15) is 32.4 Å². The molecule has 0 bridgehead atoms. The van der Waals surface area contributed by atoms with Crippen LogP contribution in [0.4, 0.5) is 13.2 Å². The zero-order valence-corrected chi connectivity index (χ0v) is 27.9. The topological polar surface area (TPSA) is 89.5 Å². The van der Waals surface area contributed by atoms with Crippen molar-refractivity contribution < 1.29 is 81.4 Å². The maximum atomic E-state index is 13.8. The maximum Gasteiger partial charge on any atom is 0.455 e. The predicted octanol–water partition coefficient (Wildman–Crippen LogP) is 7.21. The van der Waals surface area contributed by atoms with Gasteiger partial charge in [-0.25, -0.2) is 0 Å². The fourth-order valence-electron chi connectivity index (χ4n) is 5.51. The number of aryl methyl sites for hydroxylation is 1. The second-order valence-electron chi connectivity index (χ2n) is 10.5. The molecule has 0 aliphatic rings. The Morgan fingerprint density at radius 2 is 1.15 bits per heavy atom. The summed E-state index contributed by atoms with van der Waals surface area (Å²) in [6.07, 6.45) is -5.28. The fourth-order valence-corrected chi connectivity index (χ4v) is 8.18. The van der Waals surface area contributed by atoms with Crippen molar-refractivity contribution in [1.82, 2.24) is 4.57 Å². The van der Waals surface area contributed by atoms with Gasteiger partial charge < -0.3 is 18.7 Å². The van der Waals surface area contributed by atoms with Crippen LogP contribution in [0.5, 0.6) is 5.75 Å². The molecule has 2 heterocycles. The molecular formula is C36H25EuF3NO5P. The molecule has 47 heavy (non-hydrogen) atoms. The first-order valence-electron chi connectivity index (χ1n) is 14.1. The summed E-state index contributed by atoms with van der Waals surface area (Å²) in [7, 11) is -1.55. The van der Waals surface area contributed by atoms with Crippen LogP contribution in [0.25, 0.3) is 32.8 Å². The number of carbonyl (C=O) groups excluding carboxylic acids is 1. The molecule has 2 aromatic heterocycles. The van der Waals surface area contributed by atoms with Crippen LogP contribution in [0.3, 0.4) is 0 Å². The van der Waals surface area contributed by atoms with E-state index in [1.165, 1.54) is 13.1 Å². The SMILES string of the molecule is Cn1c(=O)c(C(=O)C(F)(F)F)c(O)c2ccc3c4ccccc4oc3c21.O=P(c1ccccc1)(c1ccccc1)c1ccccc1.[Eu]. The third-order valence-corrected chi connectivity index (χ3v) is 10.8. The van der Waals surface area contributed by atoms with Crippen LogP contribution in [-0.4, -0.2) is 21.6 Å². The Morgan fingerprint density at radius 3 is 1.64 bits per heavy atom. The van der Waals surface area contributed by atoms with Crippen molar-refractivity contribution in [2.24, 2.45) is 7.05 Å². The molecule has 7 aromatic rings. The molecule has 6 nitrogen and oxygen atoms in total. The first kappa shape index (κ1) is 34.5. The second-order valence-corrected chi connectivity index (χ2v) is 13.2. The van der Waals surface area contributed by atoms with Crippen molar-refractivity contribution in [3.63, 3.8) is 0 Å². The van der Waals surface area contributed by atoms with Gasteiger partial charge in [-0.05, 0) is 18.2 Å². The molecule has 0 amide bonds. The Kier molecular flexibility index (Phi) is 10.1. The van der Waals surface area contributed by atoms with E-state index < -0.39 is 36.0 Å². The number of hydrogen-bond acceptors (Lipinski definition) is 5. The summed E-state index contributed by atoms with van der Waals surface area (Å²) < 4.78 is 58.8. The molecule has 0 atom stereocenters. The number of halogens is 3. The smallest absolute Gasteiger partial charge is 0.455 e. The van der Waals surface area contributed by atoms with Crippen molar-refractivity contribution in [3.05, 3.63) is 143 Å². The molecule has 0 saturated carbocycles. The molecule has 0 saturated heterocycles. The number of carbonyl (C=O) groups is 1. The minimum Gasteiger partial charge on any atom is -0.506 e. The molecule has 237 valence electrons. The summed E-state index contributed by atoms with van der Waals surface area (Å²) >= 11 is 0. The van der Waals surface area contributed by atoms with Gasteiger partial charge in [-0.2, -0.15) is 13.2 Å². The number of fused-ring (bicyclic) bond motifs is 5. The second kappa shape index (κ2) is 13.7. The number of Topliss-reactive ketones (excluding diaryl/α,β-unsaturated/α-hetero) is 1. The van der Waals surface area contributed by atoms with Gasteiger partial charge in [0.15, 0.2) is 12.7 Å². The van der Waals surface area contributed by atoms with Gasteiger partial charge >= 0.3 is 6.18 Å². The molecule has 7 rings (SSSR count). The number of alkyl halides is 3. The third kappa shape index (κ3) is 6.28. The van der Waals surface area contributed by atoms with E-state index in [-0.39, 0.29) is 65.9 Å². The Balaban J connectivity index is 0.000000187. The normalized spacial score (nSPS) is 11.6. The van der Waals surface area contributed by atoms with Gasteiger partial charge in [-0.1, -0.05) is 109 Å². The first-order chi connectivity index (χ1) is 22.0. The largest absolute Gasteiger partial charge is 0.506 e. The predicted molar refractivity (Wildman–Crippen MR) is 174 cm³/mol. The Bertz CT molecular complexity index is 2240. The summed E-state index contributed by atoms with van der Waals surface area (Å²) in [5.41, 5.74) is -1.67. The summed E-state index contributed by atoms with van der Waals surface area (Å²) in [5.74, 6) is -3.39. The first-order valence-corrected chi connectivity index (χ1v) is 15.8. The minimum atomic E-state index is -5.28. The van der Waals surface area contributed by atoms with E-state index in [2.05, 4.69) is 0 Å². The van der Waals surface area contributed by atoms with E-state index in [0.717, 1.165) is 25.9 Å². The quantitative estimate of drug-likeness (QED) is 0.150. The van der Waals surface area contributed by atoms with Crippen LogP contribution >= 0.6 is 7.14 Å². The van der Waals surface area contributed by atoms with Crippen LogP contribution in [0.1, 0.15) is 10.4 Å². The number of rotatable bonds is 4. The number of benzene rings is 5. The van der Waals surface area contributed by atoms with Gasteiger partial charge in [0, 0.05) is 88.5 Å². The summed E-state index contributed by atoms with van der Waals surface area (Å²) in [6, 6.07) is 39.1. The van der Waals surface area contributed by atoms with Crippen molar-refractivity contribution in [2.45, 2.75) is 6.18 Å². The van der Waals surface area contributed by atoms with E-state index >= 15 is 0 Å². The standard InChI is InChI=1S/C18H10F3NO4.C18H15OP.Eu/c1-22-13-10(14(23)12(17(22)25)16(24)18(19,20)21)7-6-9-8-4-2-3-5-11(8)26-15(9)13;19-20(16-10-4-1-5-11-16,17-12-6-2-7-13-17)18-14-8-3-9-15-18;/h2-7,23H,1H3;1-15H;. The molecule has 0 fully saturated rings. The van der Waals surface area contributed by atoms with Crippen molar-refractivity contribution >= 4 is 61.7 Å². The third-order valence-electron chi connectivity index (χ3n) is 7.71. The Hall–Kier alpha value is -3.82. The molecule has 11 heteroatoms. The monoisotopic (exact) mass is 792 g/mol. The molecule has 0 spiro atoms. The number of pyridine rings is 1. The zero-order chi connectivity index (χ0) is 32.6. The van der Waals surface area contributed by atoms with Crippen molar-refractivity contribution in [3.8, 4) is 5.75 Å². The van der Waals surface area contributed by atoms with E-state index in [1.807, 2.05) is 91.0 Å². The van der Waals surface area contributed by atoms with E-state index in [1.54, 1.807) is 30.3 Å². The fraction of sp³-hybridized carbons (Fsp3) is 0.0556. The number of ketones is 1. The van der Waals surface area contributed by atoms with Gasteiger partial charge in [0.05, 0.1) is 5.52 Å². The minimum absolute atomic E-state index is 0. The van der Waals surface area contributed by atoms with Gasteiger partial charge in [0.25, 0.3) is 11.3 Å². The number of aromatic nitrogens is 1. The van der Waals surface area contributed by atoms with Crippen LogP contribution in [-0.2, 0) is 11.6 Å². The average molecular weight is 792 g/mol. The summed E-state index contributed by atoms with van der Waals surface area (Å²) in [6.45, 7) is 0. The number of aromatic hydroxyl groups is 1. The molecule has 1 radical (unpaired) electrons. The van der Waals surface area contributed by atoms with Gasteiger partial charge in [-0.3, -0.25) is 9.59 Å². The Labute approximate surface area is 307 Å². The van der Waals surface area contributed by atoms with Crippen LogP contribution in [0.15, 0.2) is 137 Å². The maximum absolute atomic E-state index is 13.8. The number of nitrogens with zero attached hydrogens (tertiary/aromatic N) is 1. The van der Waals surface area contributed by atoms with Crippen LogP contribution in [0, 0.1) is 49.4 Å². The average Bonchev–Trinajstić information content (AvgIpc) is 3.46. The van der Waals surface area contributed by atoms with Gasteiger partial charge in [0.1, 0.15) is 16.9 Å². The number of para-hydroxylation sites is 1. The van der Waals surface area contributed by atoms with Crippen molar-refractivity contribution in [1.29, 1.82) is 0 Å². The van der Waals surface area contributed by atoms with E-state index in [4.69, 9.17) is 4.42 Å². The molecule has 0 unspecified atom stereocenters. The summed E-state index contributed by atoms with van der Waals surface area (Å²) in [4.78, 5) is 24.0. The molecule has 0 aliphatic heterocycles. The van der Waals surface area contributed by atoms with Crippen LogP contribution in [0.2, 0.25) is 0 Å². The zero-order valence-electron chi connectivity index (χ0n) is 24.6. The van der Waals surface area contributed by atoms with Crippen molar-refractivity contribution in [2.75, 3.05) is 0 Å². The molecular weight excluding hydrogens is 766 g/mol. The molecule has 0 aliphatic carbocycles. The van der Waals surface area contributed by atoms with E-state index in [0.29, 0.717) is 11.0 Å². The number of furan rings is 1. The van der Waals surface area contributed by atoms with Crippen LogP contribution < -0.4 is 21.5 Å². The Morgan fingerprint density at radius 1 is 0.702 bits per heavy atom. The molecule has 5 aromatic carbocycles. The van der Waals surface area contributed by atoms with Gasteiger partial charge in [-0.15, -0.1) is 0 Å². The van der Waals surface area contributed by atoms with Gasteiger partial charge in [0.2, 0.25) is 0 Å².